The van der Waals surface area contributed by atoms with Gasteiger partial charge in [-0.1, -0.05) is 13.3 Å². The Morgan fingerprint density at radius 2 is 1.83 bits per heavy atom. The summed E-state index contributed by atoms with van der Waals surface area (Å²) >= 11 is 0. The minimum atomic E-state index is -0.864. The van der Waals surface area contributed by atoms with Crippen LogP contribution in [0.25, 0.3) is 0 Å². The zero-order valence-corrected chi connectivity index (χ0v) is 10.9. The minimum Gasteiger partial charge on any atom is -0.481 e. The van der Waals surface area contributed by atoms with E-state index < -0.39 is 23.4 Å². The predicted octanol–water partition coefficient (Wildman–Crippen LogP) is 0.717. The summed E-state index contributed by atoms with van der Waals surface area (Å²) < 4.78 is 0. The quantitative estimate of drug-likeness (QED) is 0.779. The van der Waals surface area contributed by atoms with Crippen molar-refractivity contribution >= 4 is 11.9 Å². The molecular formula is C13H21NO4. The number of hydrogen-bond acceptors (Lipinski definition) is 3. The van der Waals surface area contributed by atoms with Crippen LogP contribution in [0.3, 0.4) is 0 Å². The fourth-order valence-corrected chi connectivity index (χ4v) is 3.19. The lowest BCUT2D eigenvalue weighted by Crippen LogP contribution is -2.63. The molecule has 0 bridgehead atoms. The highest BCUT2D eigenvalue weighted by Gasteiger charge is 2.48. The van der Waals surface area contributed by atoms with E-state index in [1.54, 1.807) is 11.8 Å². The van der Waals surface area contributed by atoms with Gasteiger partial charge in [-0.15, -0.1) is 0 Å². The summed E-state index contributed by atoms with van der Waals surface area (Å²) in [6.45, 7) is 4.37. The summed E-state index contributed by atoms with van der Waals surface area (Å²) in [6, 6.07) is 0. The van der Waals surface area contributed by atoms with Crippen LogP contribution in [0, 0.1) is 17.8 Å². The molecule has 1 aliphatic carbocycles. The molecule has 0 aromatic carbocycles. The standard InChI is InChI=1S/C13H21NO4/c1-3-8-4-9(10(5-8)12(16)17)11(15)14-6-13(2,18)7-14/h8-10,18H,3-7H2,1-2H3,(H,16,17)/t8?,9-,10+/m0/s1. The Morgan fingerprint density at radius 1 is 1.28 bits per heavy atom. The molecule has 5 nitrogen and oxygen atoms in total. The Labute approximate surface area is 107 Å². The maximum Gasteiger partial charge on any atom is 0.307 e. The molecular weight excluding hydrogens is 234 g/mol. The molecule has 1 aliphatic heterocycles. The molecule has 0 aromatic rings. The van der Waals surface area contributed by atoms with Crippen LogP contribution in [-0.4, -0.2) is 45.7 Å². The van der Waals surface area contributed by atoms with Crippen LogP contribution in [0.4, 0.5) is 0 Å². The summed E-state index contributed by atoms with van der Waals surface area (Å²) in [4.78, 5) is 25.0. The molecule has 5 heteroatoms. The first-order valence-corrected chi connectivity index (χ1v) is 6.58. The number of carbonyl (C=O) groups is 2. The fraction of sp³-hybridized carbons (Fsp3) is 0.846. The number of carboxylic acid groups (broad SMARTS) is 1. The number of β-amino-alcohol motifs (C(OH)–C–C–N with tert-alkyl or cyclic N) is 1. The highest BCUT2D eigenvalue weighted by atomic mass is 16.4. The number of hydrogen-bond donors (Lipinski definition) is 2. The number of likely N-dealkylation sites (tertiary alicyclic amines) is 1. The molecule has 0 radical (unpaired) electrons. The van der Waals surface area contributed by atoms with Gasteiger partial charge in [0.25, 0.3) is 0 Å². The molecule has 0 spiro atoms. The second kappa shape index (κ2) is 4.53. The van der Waals surface area contributed by atoms with Crippen molar-refractivity contribution in [1.29, 1.82) is 0 Å². The van der Waals surface area contributed by atoms with Gasteiger partial charge in [-0.3, -0.25) is 9.59 Å². The zero-order valence-electron chi connectivity index (χ0n) is 10.9. The highest BCUT2D eigenvalue weighted by molar-refractivity contribution is 5.86. The SMILES string of the molecule is CCC1C[C@H](C(=O)N2CC(C)(O)C2)[C@H](C(=O)O)C1. The molecule has 2 rings (SSSR count). The molecule has 1 unspecified atom stereocenters. The van der Waals surface area contributed by atoms with E-state index >= 15 is 0 Å². The normalized spacial score (nSPS) is 34.2. The number of aliphatic carboxylic acids is 1. The third kappa shape index (κ3) is 2.36. The third-order valence-corrected chi connectivity index (χ3v) is 4.25. The minimum absolute atomic E-state index is 0.0927. The van der Waals surface area contributed by atoms with Crippen LogP contribution in [0.5, 0.6) is 0 Å². The Bertz CT molecular complexity index is 358. The average Bonchev–Trinajstić information content (AvgIpc) is 2.68. The van der Waals surface area contributed by atoms with Crippen LogP contribution in [0.15, 0.2) is 0 Å². The van der Waals surface area contributed by atoms with Gasteiger partial charge in [-0.2, -0.15) is 0 Å². The smallest absolute Gasteiger partial charge is 0.307 e. The first-order valence-electron chi connectivity index (χ1n) is 6.58. The van der Waals surface area contributed by atoms with Crippen LogP contribution in [-0.2, 0) is 9.59 Å². The van der Waals surface area contributed by atoms with E-state index in [0.717, 1.165) is 6.42 Å². The molecule has 102 valence electrons. The van der Waals surface area contributed by atoms with E-state index in [1.807, 2.05) is 6.92 Å². The van der Waals surface area contributed by atoms with Gasteiger partial charge in [0.2, 0.25) is 5.91 Å². The number of rotatable bonds is 3. The van der Waals surface area contributed by atoms with E-state index in [4.69, 9.17) is 0 Å². The van der Waals surface area contributed by atoms with Crippen LogP contribution in [0.1, 0.15) is 33.1 Å². The molecule has 2 aliphatic rings. The lowest BCUT2D eigenvalue weighted by molar-refractivity contribution is -0.161. The van der Waals surface area contributed by atoms with E-state index in [2.05, 4.69) is 0 Å². The van der Waals surface area contributed by atoms with Gasteiger partial charge in [0.1, 0.15) is 0 Å². The van der Waals surface area contributed by atoms with E-state index in [0.29, 0.717) is 31.8 Å². The number of amides is 1. The summed E-state index contributed by atoms with van der Waals surface area (Å²) in [5, 5.41) is 18.8. The van der Waals surface area contributed by atoms with Crippen molar-refractivity contribution < 1.29 is 19.8 Å². The molecule has 1 amide bonds. The second-order valence-corrected chi connectivity index (χ2v) is 5.99. The van der Waals surface area contributed by atoms with Gasteiger partial charge in [-0.25, -0.2) is 0 Å². The number of nitrogens with zero attached hydrogens (tertiary/aromatic N) is 1. The Hall–Kier alpha value is -1.10. The monoisotopic (exact) mass is 255 g/mol. The van der Waals surface area contributed by atoms with Crippen LogP contribution in [0.2, 0.25) is 0 Å². The Morgan fingerprint density at radius 3 is 2.28 bits per heavy atom. The summed E-state index contributed by atoms with van der Waals surface area (Å²) in [5.41, 5.74) is -0.795. The number of aliphatic hydroxyl groups is 1. The zero-order chi connectivity index (χ0) is 13.5. The molecule has 18 heavy (non-hydrogen) atoms. The average molecular weight is 255 g/mol. The molecule has 2 fully saturated rings. The van der Waals surface area contributed by atoms with E-state index in [-0.39, 0.29) is 5.91 Å². The second-order valence-electron chi connectivity index (χ2n) is 5.99. The number of carboxylic acids is 1. The van der Waals surface area contributed by atoms with Gasteiger partial charge < -0.3 is 15.1 Å². The first kappa shape index (κ1) is 13.3. The van der Waals surface area contributed by atoms with Crippen molar-refractivity contribution in [2.45, 2.75) is 38.7 Å². The fourth-order valence-electron chi connectivity index (χ4n) is 3.19. The van der Waals surface area contributed by atoms with Gasteiger partial charge in [0.05, 0.1) is 30.5 Å². The maximum atomic E-state index is 12.2. The van der Waals surface area contributed by atoms with Crippen molar-refractivity contribution in [3.05, 3.63) is 0 Å². The third-order valence-electron chi connectivity index (χ3n) is 4.25. The van der Waals surface area contributed by atoms with Crippen molar-refractivity contribution in [2.75, 3.05) is 13.1 Å². The van der Waals surface area contributed by atoms with Gasteiger partial charge in [0, 0.05) is 0 Å². The maximum absolute atomic E-state index is 12.2. The summed E-state index contributed by atoms with van der Waals surface area (Å²) in [5.74, 6) is -1.57. The van der Waals surface area contributed by atoms with E-state index in [9.17, 15) is 19.8 Å². The lowest BCUT2D eigenvalue weighted by Gasteiger charge is -2.45. The predicted molar refractivity (Wildman–Crippen MR) is 64.8 cm³/mol. The first-order chi connectivity index (χ1) is 8.34. The summed E-state index contributed by atoms with van der Waals surface area (Å²) in [6.07, 6.45) is 2.20. The van der Waals surface area contributed by atoms with Crippen LogP contribution < -0.4 is 0 Å². The molecule has 3 atom stereocenters. The topological polar surface area (TPSA) is 77.8 Å². The van der Waals surface area contributed by atoms with Crippen LogP contribution >= 0.6 is 0 Å². The largest absolute Gasteiger partial charge is 0.481 e. The van der Waals surface area contributed by atoms with Crippen molar-refractivity contribution in [3.8, 4) is 0 Å². The molecule has 0 aromatic heterocycles. The Kier molecular flexibility index (Phi) is 3.36. The lowest BCUT2D eigenvalue weighted by atomic mass is 9.90. The van der Waals surface area contributed by atoms with Gasteiger partial charge in [0.15, 0.2) is 0 Å². The van der Waals surface area contributed by atoms with E-state index in [1.165, 1.54) is 0 Å². The van der Waals surface area contributed by atoms with Gasteiger partial charge in [-0.05, 0) is 25.7 Å². The Balaban J connectivity index is 2.02. The van der Waals surface area contributed by atoms with Gasteiger partial charge >= 0.3 is 5.97 Å². The highest BCUT2D eigenvalue weighted by Crippen LogP contribution is 2.40. The molecule has 1 heterocycles. The van der Waals surface area contributed by atoms with Crippen molar-refractivity contribution in [2.24, 2.45) is 17.8 Å². The molecule has 2 N–H and O–H groups in total. The number of carbonyl (C=O) groups excluding carboxylic acids is 1. The van der Waals surface area contributed by atoms with Crippen molar-refractivity contribution in [3.63, 3.8) is 0 Å². The molecule has 1 saturated carbocycles. The summed E-state index contributed by atoms with van der Waals surface area (Å²) in [7, 11) is 0. The van der Waals surface area contributed by atoms with Crippen molar-refractivity contribution in [1.82, 2.24) is 4.90 Å². The molecule has 1 saturated heterocycles.